The molecule has 1 aliphatic heterocycles. The molecular weight excluding hydrogens is 240 g/mol. The third-order valence-electron chi connectivity index (χ3n) is 1.68. The van der Waals surface area contributed by atoms with Gasteiger partial charge >= 0.3 is 0 Å². The average molecular weight is 246 g/mol. The summed E-state index contributed by atoms with van der Waals surface area (Å²) < 4.78 is 10.5. The summed E-state index contributed by atoms with van der Waals surface area (Å²) >= 11 is 11.0. The van der Waals surface area contributed by atoms with Crippen LogP contribution < -0.4 is 20.9 Å². The van der Waals surface area contributed by atoms with Crippen LogP contribution in [0.4, 0.5) is 0 Å². The maximum absolute atomic E-state index is 5.52. The van der Waals surface area contributed by atoms with Crippen LogP contribution in [0, 0.1) is 0 Å². The molecule has 2 rings (SSSR count). The highest BCUT2D eigenvalue weighted by molar-refractivity contribution is 7.81. The number of nitrogens with two attached hydrogens (primary N) is 2. The van der Waals surface area contributed by atoms with Crippen molar-refractivity contribution in [3.63, 3.8) is 0 Å². The Morgan fingerprint density at radius 1 is 1.07 bits per heavy atom. The van der Waals surface area contributed by atoms with E-state index in [1.165, 1.54) is 11.3 Å². The van der Waals surface area contributed by atoms with Crippen LogP contribution in [0.5, 0.6) is 11.5 Å². The molecule has 4 nitrogen and oxygen atoms in total. The lowest BCUT2D eigenvalue weighted by atomic mass is 10.3. The summed E-state index contributed by atoms with van der Waals surface area (Å²) in [6, 6.07) is 0. The van der Waals surface area contributed by atoms with E-state index in [2.05, 4.69) is 0 Å². The Labute approximate surface area is 94.8 Å². The summed E-state index contributed by atoms with van der Waals surface area (Å²) in [5.41, 5.74) is 11.0. The zero-order valence-electron chi connectivity index (χ0n) is 6.90. The van der Waals surface area contributed by atoms with E-state index in [4.69, 9.17) is 45.4 Å². The van der Waals surface area contributed by atoms with Gasteiger partial charge in [-0.05, 0) is 0 Å². The maximum Gasteiger partial charge on any atom is 0.231 e. The molecule has 0 saturated heterocycles. The van der Waals surface area contributed by atoms with Crippen molar-refractivity contribution in [2.45, 2.75) is 0 Å². The Bertz CT molecular complexity index is 390. The number of ether oxygens (including phenoxy) is 2. The Hall–Kier alpha value is -0.920. The number of hydrogen-bond donors (Lipinski definition) is 2. The topological polar surface area (TPSA) is 70.5 Å². The van der Waals surface area contributed by atoms with Crippen LogP contribution in [0.25, 0.3) is 0 Å². The first-order chi connectivity index (χ1) is 6.61. The summed E-state index contributed by atoms with van der Waals surface area (Å²) in [6.07, 6.45) is 0. The van der Waals surface area contributed by atoms with Crippen LogP contribution in [0.3, 0.4) is 0 Å². The molecule has 14 heavy (non-hydrogen) atoms. The van der Waals surface area contributed by atoms with Gasteiger partial charge in [-0.15, -0.1) is 11.3 Å². The van der Waals surface area contributed by atoms with Crippen molar-refractivity contribution in [3.8, 4) is 11.5 Å². The minimum atomic E-state index is 0.156. The maximum atomic E-state index is 5.52. The van der Waals surface area contributed by atoms with Gasteiger partial charge in [0.15, 0.2) is 11.5 Å². The van der Waals surface area contributed by atoms with Crippen LogP contribution in [0.1, 0.15) is 9.75 Å². The lowest BCUT2D eigenvalue weighted by molar-refractivity contribution is 0.173. The van der Waals surface area contributed by atoms with Crippen LogP contribution in [-0.4, -0.2) is 16.8 Å². The number of rotatable bonds is 2. The van der Waals surface area contributed by atoms with Crippen LogP contribution in [0.2, 0.25) is 0 Å². The molecule has 0 saturated carbocycles. The van der Waals surface area contributed by atoms with Gasteiger partial charge < -0.3 is 20.9 Å². The highest BCUT2D eigenvalue weighted by Gasteiger charge is 2.28. The zero-order chi connectivity index (χ0) is 10.3. The minimum Gasteiger partial charge on any atom is -0.452 e. The molecule has 0 amide bonds. The Morgan fingerprint density at radius 2 is 1.50 bits per heavy atom. The molecule has 0 unspecified atom stereocenters. The van der Waals surface area contributed by atoms with Gasteiger partial charge in [0.05, 0.1) is 0 Å². The average Bonchev–Trinajstić information content (AvgIpc) is 2.59. The fourth-order valence-electron chi connectivity index (χ4n) is 1.13. The van der Waals surface area contributed by atoms with Gasteiger partial charge in [-0.3, -0.25) is 0 Å². The lowest BCUT2D eigenvalue weighted by Crippen LogP contribution is -2.10. The monoisotopic (exact) mass is 246 g/mol. The third-order valence-corrected chi connectivity index (χ3v) is 3.56. The Kier molecular flexibility index (Phi) is 2.30. The van der Waals surface area contributed by atoms with Crippen molar-refractivity contribution in [1.29, 1.82) is 0 Å². The molecule has 1 aliphatic rings. The summed E-state index contributed by atoms with van der Waals surface area (Å²) in [4.78, 5) is 1.85. The summed E-state index contributed by atoms with van der Waals surface area (Å²) in [5.74, 6) is 1.12. The van der Waals surface area contributed by atoms with Gasteiger partial charge in [-0.2, -0.15) is 0 Å². The molecule has 0 aliphatic carbocycles. The van der Waals surface area contributed by atoms with Gasteiger partial charge in [0.25, 0.3) is 0 Å². The molecule has 0 atom stereocenters. The second kappa shape index (κ2) is 3.34. The molecule has 7 heteroatoms. The molecule has 0 fully saturated rings. The van der Waals surface area contributed by atoms with Crippen molar-refractivity contribution >= 4 is 45.7 Å². The first-order valence-corrected chi connectivity index (χ1v) is 5.26. The van der Waals surface area contributed by atoms with Gasteiger partial charge in [-0.25, -0.2) is 0 Å². The van der Waals surface area contributed by atoms with Crippen molar-refractivity contribution in [2.75, 3.05) is 6.79 Å². The fraction of sp³-hybridized carbons (Fsp3) is 0.143. The minimum absolute atomic E-state index is 0.156. The SMILES string of the molecule is NC(=S)c1sc(C(N)=S)c2c1OCO2. The van der Waals surface area contributed by atoms with E-state index in [-0.39, 0.29) is 16.8 Å². The highest BCUT2D eigenvalue weighted by Crippen LogP contribution is 2.45. The van der Waals surface area contributed by atoms with Crippen LogP contribution >= 0.6 is 35.8 Å². The summed E-state index contributed by atoms with van der Waals surface area (Å²) in [5, 5.41) is 0. The van der Waals surface area contributed by atoms with Crippen molar-refractivity contribution in [2.24, 2.45) is 11.5 Å². The highest BCUT2D eigenvalue weighted by atomic mass is 32.1. The first-order valence-electron chi connectivity index (χ1n) is 3.63. The number of thiocarbonyl (C=S) groups is 2. The van der Waals surface area contributed by atoms with E-state index >= 15 is 0 Å². The predicted molar refractivity (Wildman–Crippen MR) is 62.2 cm³/mol. The molecule has 0 radical (unpaired) electrons. The molecule has 4 N–H and O–H groups in total. The fourth-order valence-corrected chi connectivity index (χ4v) is 2.46. The standard InChI is InChI=1S/C7H6N2O2S3/c8-6(12)4-2-3(11-1-10-2)5(14-4)7(9)13/h1H2,(H2,8,12)(H2,9,13). The largest absolute Gasteiger partial charge is 0.452 e. The number of fused-ring (bicyclic) bond motifs is 1. The third kappa shape index (κ3) is 1.33. The van der Waals surface area contributed by atoms with Gasteiger partial charge in [-0.1, -0.05) is 24.4 Å². The van der Waals surface area contributed by atoms with E-state index in [9.17, 15) is 0 Å². The number of thiophene rings is 1. The van der Waals surface area contributed by atoms with Crippen molar-refractivity contribution < 1.29 is 9.47 Å². The molecular formula is C7H6N2O2S3. The molecule has 1 aromatic rings. The normalized spacial score (nSPS) is 12.9. The second-order valence-electron chi connectivity index (χ2n) is 2.55. The van der Waals surface area contributed by atoms with Crippen molar-refractivity contribution in [3.05, 3.63) is 9.75 Å². The molecule has 74 valence electrons. The summed E-state index contributed by atoms with van der Waals surface area (Å²) in [7, 11) is 0. The van der Waals surface area contributed by atoms with E-state index in [1.807, 2.05) is 0 Å². The van der Waals surface area contributed by atoms with Gasteiger partial charge in [0.1, 0.15) is 19.7 Å². The molecule has 1 aromatic heterocycles. The van der Waals surface area contributed by atoms with E-state index < -0.39 is 0 Å². The molecule has 0 aromatic carbocycles. The molecule has 2 heterocycles. The number of hydrogen-bond acceptors (Lipinski definition) is 5. The Balaban J connectivity index is 2.60. The van der Waals surface area contributed by atoms with E-state index in [1.54, 1.807) is 0 Å². The van der Waals surface area contributed by atoms with Crippen LogP contribution in [0.15, 0.2) is 0 Å². The summed E-state index contributed by atoms with van der Waals surface area (Å²) in [6.45, 7) is 0.156. The van der Waals surface area contributed by atoms with Gasteiger partial charge in [0, 0.05) is 0 Å². The molecule has 0 spiro atoms. The van der Waals surface area contributed by atoms with Crippen LogP contribution in [-0.2, 0) is 0 Å². The quantitative estimate of drug-likeness (QED) is 0.750. The van der Waals surface area contributed by atoms with Gasteiger partial charge in [0.2, 0.25) is 6.79 Å². The smallest absolute Gasteiger partial charge is 0.231 e. The second-order valence-corrected chi connectivity index (χ2v) is 4.45. The van der Waals surface area contributed by atoms with Crippen molar-refractivity contribution in [1.82, 2.24) is 0 Å². The lowest BCUT2D eigenvalue weighted by Gasteiger charge is -1.96. The van der Waals surface area contributed by atoms with E-state index in [0.717, 1.165) is 0 Å². The van der Waals surface area contributed by atoms with E-state index in [0.29, 0.717) is 21.3 Å². The Morgan fingerprint density at radius 3 is 1.86 bits per heavy atom. The predicted octanol–water partition coefficient (Wildman–Crippen LogP) is 0.745. The zero-order valence-corrected chi connectivity index (χ0v) is 9.35. The molecule has 0 bridgehead atoms. The first kappa shape index (κ1) is 9.63.